The molecule has 1 aromatic carbocycles. The highest BCUT2D eigenvalue weighted by atomic mass is 32.2. The van der Waals surface area contributed by atoms with Gasteiger partial charge in [0, 0.05) is 22.9 Å². The molecule has 2 rings (SSSR count). The summed E-state index contributed by atoms with van der Waals surface area (Å²) in [6.07, 6.45) is 0. The van der Waals surface area contributed by atoms with Crippen LogP contribution in [-0.4, -0.2) is 24.2 Å². The molecule has 1 aromatic rings. The molecule has 1 amide bonds. The van der Waals surface area contributed by atoms with Crippen LogP contribution in [0.25, 0.3) is 0 Å². The highest BCUT2D eigenvalue weighted by molar-refractivity contribution is 7.99. The van der Waals surface area contributed by atoms with Crippen molar-refractivity contribution in [2.45, 2.75) is 17.9 Å². The zero-order valence-electron chi connectivity index (χ0n) is 9.14. The Morgan fingerprint density at radius 1 is 1.56 bits per heavy atom. The van der Waals surface area contributed by atoms with Crippen LogP contribution < -0.4 is 16.4 Å². The molecule has 86 valence electrons. The number of hydrogen-bond acceptors (Lipinski definition) is 4. The minimum Gasteiger partial charge on any atom is -0.399 e. The minimum atomic E-state index is -0.305. The highest BCUT2D eigenvalue weighted by Gasteiger charge is 2.24. The Hall–Kier alpha value is -1.36. The Morgan fingerprint density at radius 2 is 2.31 bits per heavy atom. The fourth-order valence-electron chi connectivity index (χ4n) is 1.81. The van der Waals surface area contributed by atoms with E-state index in [1.807, 2.05) is 30.0 Å². The average Bonchev–Trinajstić information content (AvgIpc) is 2.27. The maximum Gasteiger partial charge on any atom is 0.239 e. The lowest BCUT2D eigenvalue weighted by molar-refractivity contribution is -0.118. The van der Waals surface area contributed by atoms with Crippen LogP contribution >= 0.6 is 11.8 Å². The Bertz CT molecular complexity index is 422. The van der Waals surface area contributed by atoms with E-state index in [9.17, 15) is 4.79 Å². The molecule has 1 atom stereocenters. The number of thioether (sulfide) groups is 1. The molecule has 16 heavy (non-hydrogen) atoms. The summed E-state index contributed by atoms with van der Waals surface area (Å²) < 4.78 is 0. The SMILES string of the molecule is CC(C(N)=O)N1CCSc2ccc(N)cc21. The molecule has 0 saturated carbocycles. The lowest BCUT2D eigenvalue weighted by atomic mass is 10.2. The fourth-order valence-corrected chi connectivity index (χ4v) is 2.81. The van der Waals surface area contributed by atoms with Gasteiger partial charge in [-0.1, -0.05) is 0 Å². The maximum atomic E-state index is 11.2. The Labute approximate surface area is 99.0 Å². The summed E-state index contributed by atoms with van der Waals surface area (Å²) >= 11 is 1.78. The molecule has 0 radical (unpaired) electrons. The summed E-state index contributed by atoms with van der Waals surface area (Å²) in [5, 5.41) is 0. The minimum absolute atomic E-state index is 0.290. The number of anilines is 2. The van der Waals surface area contributed by atoms with Crippen LogP contribution in [0.1, 0.15) is 6.92 Å². The summed E-state index contributed by atoms with van der Waals surface area (Å²) in [4.78, 5) is 14.4. The number of carbonyl (C=O) groups is 1. The van der Waals surface area contributed by atoms with Crippen molar-refractivity contribution in [3.8, 4) is 0 Å². The van der Waals surface area contributed by atoms with Gasteiger partial charge in [0.25, 0.3) is 0 Å². The van der Waals surface area contributed by atoms with E-state index in [4.69, 9.17) is 11.5 Å². The van der Waals surface area contributed by atoms with E-state index in [0.29, 0.717) is 5.69 Å². The van der Waals surface area contributed by atoms with Gasteiger partial charge in [-0.2, -0.15) is 0 Å². The molecule has 0 saturated heterocycles. The Morgan fingerprint density at radius 3 is 3.00 bits per heavy atom. The van der Waals surface area contributed by atoms with Crippen molar-refractivity contribution in [2.75, 3.05) is 22.9 Å². The normalized spacial score (nSPS) is 16.7. The van der Waals surface area contributed by atoms with Gasteiger partial charge in [0.05, 0.1) is 5.69 Å². The van der Waals surface area contributed by atoms with E-state index in [-0.39, 0.29) is 11.9 Å². The van der Waals surface area contributed by atoms with Crippen molar-refractivity contribution in [2.24, 2.45) is 5.73 Å². The monoisotopic (exact) mass is 237 g/mol. The lowest BCUT2D eigenvalue weighted by Gasteiger charge is -2.34. The second kappa shape index (κ2) is 4.25. The third kappa shape index (κ3) is 1.95. The molecule has 1 heterocycles. The third-order valence-corrected chi connectivity index (χ3v) is 3.80. The lowest BCUT2D eigenvalue weighted by Crippen LogP contribution is -2.45. The van der Waals surface area contributed by atoms with Gasteiger partial charge in [0.15, 0.2) is 0 Å². The zero-order chi connectivity index (χ0) is 11.7. The van der Waals surface area contributed by atoms with Crippen molar-refractivity contribution in [3.05, 3.63) is 18.2 Å². The predicted octanol–water partition coefficient (Wildman–Crippen LogP) is 1.05. The number of rotatable bonds is 2. The van der Waals surface area contributed by atoms with Crippen molar-refractivity contribution in [1.82, 2.24) is 0 Å². The maximum absolute atomic E-state index is 11.2. The summed E-state index contributed by atoms with van der Waals surface area (Å²) in [5.41, 5.74) is 12.8. The quantitative estimate of drug-likeness (QED) is 0.754. The van der Waals surface area contributed by atoms with Crippen LogP contribution in [0.4, 0.5) is 11.4 Å². The predicted molar refractivity (Wildman–Crippen MR) is 67.6 cm³/mol. The molecule has 5 heteroatoms. The molecular formula is C11H15N3OS. The molecule has 1 unspecified atom stereocenters. The number of nitrogen functional groups attached to an aromatic ring is 1. The van der Waals surface area contributed by atoms with E-state index >= 15 is 0 Å². The molecule has 4 nitrogen and oxygen atoms in total. The number of amides is 1. The van der Waals surface area contributed by atoms with Gasteiger partial charge in [-0.3, -0.25) is 4.79 Å². The van der Waals surface area contributed by atoms with E-state index in [0.717, 1.165) is 22.9 Å². The van der Waals surface area contributed by atoms with Gasteiger partial charge < -0.3 is 16.4 Å². The van der Waals surface area contributed by atoms with Crippen LogP contribution in [0.5, 0.6) is 0 Å². The van der Waals surface area contributed by atoms with Gasteiger partial charge in [0.1, 0.15) is 6.04 Å². The molecular weight excluding hydrogens is 222 g/mol. The topological polar surface area (TPSA) is 72.4 Å². The van der Waals surface area contributed by atoms with Gasteiger partial charge in [-0.25, -0.2) is 0 Å². The van der Waals surface area contributed by atoms with E-state index in [2.05, 4.69) is 0 Å². The molecule has 0 spiro atoms. The first-order valence-electron chi connectivity index (χ1n) is 5.18. The molecule has 4 N–H and O–H groups in total. The number of nitrogens with zero attached hydrogens (tertiary/aromatic N) is 1. The molecule has 0 bridgehead atoms. The average molecular weight is 237 g/mol. The van der Waals surface area contributed by atoms with Crippen LogP contribution in [0.15, 0.2) is 23.1 Å². The smallest absolute Gasteiger partial charge is 0.239 e. The van der Waals surface area contributed by atoms with Gasteiger partial charge in [-0.15, -0.1) is 11.8 Å². The largest absolute Gasteiger partial charge is 0.399 e. The van der Waals surface area contributed by atoms with Crippen LogP contribution in [-0.2, 0) is 4.79 Å². The van der Waals surface area contributed by atoms with E-state index in [1.165, 1.54) is 0 Å². The van der Waals surface area contributed by atoms with Crippen molar-refractivity contribution >= 4 is 29.0 Å². The van der Waals surface area contributed by atoms with Gasteiger partial charge in [0.2, 0.25) is 5.91 Å². The number of fused-ring (bicyclic) bond motifs is 1. The first-order valence-corrected chi connectivity index (χ1v) is 6.16. The van der Waals surface area contributed by atoms with E-state index < -0.39 is 0 Å². The van der Waals surface area contributed by atoms with Gasteiger partial charge in [-0.05, 0) is 25.1 Å². The molecule has 1 aliphatic rings. The second-order valence-electron chi connectivity index (χ2n) is 3.85. The number of primary amides is 1. The second-order valence-corrected chi connectivity index (χ2v) is 4.98. The van der Waals surface area contributed by atoms with Crippen LogP contribution in [0.2, 0.25) is 0 Å². The van der Waals surface area contributed by atoms with Crippen molar-refractivity contribution < 1.29 is 4.79 Å². The third-order valence-electron chi connectivity index (χ3n) is 2.76. The van der Waals surface area contributed by atoms with Gasteiger partial charge >= 0.3 is 0 Å². The molecule has 0 aromatic heterocycles. The summed E-state index contributed by atoms with van der Waals surface area (Å²) in [7, 11) is 0. The Kier molecular flexibility index (Phi) is 2.96. The van der Waals surface area contributed by atoms with Crippen molar-refractivity contribution in [1.29, 1.82) is 0 Å². The number of benzene rings is 1. The molecule has 0 aliphatic carbocycles. The fraction of sp³-hybridized carbons (Fsp3) is 0.364. The zero-order valence-corrected chi connectivity index (χ0v) is 9.96. The number of nitrogens with two attached hydrogens (primary N) is 2. The summed E-state index contributed by atoms with van der Waals surface area (Å²) in [5.74, 6) is 0.662. The first kappa shape index (κ1) is 11.1. The van der Waals surface area contributed by atoms with Crippen LogP contribution in [0.3, 0.4) is 0 Å². The summed E-state index contributed by atoms with van der Waals surface area (Å²) in [6, 6.07) is 5.49. The van der Waals surface area contributed by atoms with Crippen LogP contribution in [0, 0.1) is 0 Å². The Balaban J connectivity index is 2.38. The summed E-state index contributed by atoms with van der Waals surface area (Å²) in [6.45, 7) is 2.65. The van der Waals surface area contributed by atoms with Crippen molar-refractivity contribution in [3.63, 3.8) is 0 Å². The molecule has 0 fully saturated rings. The highest BCUT2D eigenvalue weighted by Crippen LogP contribution is 2.36. The standard InChI is InChI=1S/C11H15N3OS/c1-7(11(13)15)14-4-5-16-10-3-2-8(12)6-9(10)14/h2-3,6-7H,4-5,12H2,1H3,(H2,13,15). The van der Waals surface area contributed by atoms with E-state index in [1.54, 1.807) is 11.8 Å². The number of hydrogen-bond donors (Lipinski definition) is 2. The first-order chi connectivity index (χ1) is 7.59. The number of carbonyl (C=O) groups excluding carboxylic acids is 1. The molecule has 1 aliphatic heterocycles.